The fourth-order valence-electron chi connectivity index (χ4n) is 2.71. The smallest absolute Gasteiger partial charge is 0.245 e. The topological polar surface area (TPSA) is 128 Å². The number of carbonyl (C=O) groups excluding carboxylic acids is 3. The summed E-state index contributed by atoms with van der Waals surface area (Å²) in [7, 11) is 0. The summed E-state index contributed by atoms with van der Waals surface area (Å²) >= 11 is 0. The molecule has 0 saturated heterocycles. The van der Waals surface area contributed by atoms with Gasteiger partial charge in [0.05, 0.1) is 6.42 Å². The lowest BCUT2D eigenvalue weighted by Crippen LogP contribution is -2.49. The molecule has 1 unspecified atom stereocenters. The highest BCUT2D eigenvalue weighted by Gasteiger charge is 2.23. The van der Waals surface area contributed by atoms with Crippen molar-refractivity contribution in [3.8, 4) is 5.75 Å². The van der Waals surface area contributed by atoms with Crippen molar-refractivity contribution in [3.63, 3.8) is 0 Å². The Balaban J connectivity index is 2.47. The van der Waals surface area contributed by atoms with Crippen LogP contribution in [0.5, 0.6) is 5.75 Å². The van der Waals surface area contributed by atoms with E-state index < -0.39 is 17.9 Å². The summed E-state index contributed by atoms with van der Waals surface area (Å²) in [5.41, 5.74) is 2.41. The predicted octanol–water partition coefficient (Wildman–Crippen LogP) is 1.79. The van der Waals surface area contributed by atoms with Gasteiger partial charge in [0, 0.05) is 13.0 Å². The molecule has 0 aromatic heterocycles. The van der Waals surface area contributed by atoms with Gasteiger partial charge >= 0.3 is 0 Å². The first kappa shape index (κ1) is 23.4. The minimum absolute atomic E-state index is 0.167. The monoisotopic (exact) mass is 393 g/mol. The van der Waals surface area contributed by atoms with Crippen molar-refractivity contribution < 1.29 is 24.7 Å². The number of nitrogens with one attached hydrogen (secondary N) is 3. The van der Waals surface area contributed by atoms with Crippen LogP contribution >= 0.6 is 0 Å². The van der Waals surface area contributed by atoms with Gasteiger partial charge in [-0.15, -0.1) is 0 Å². The molecule has 5 N–H and O–H groups in total. The van der Waals surface area contributed by atoms with E-state index in [9.17, 15) is 19.5 Å². The van der Waals surface area contributed by atoms with Gasteiger partial charge in [-0.25, -0.2) is 5.48 Å². The van der Waals surface area contributed by atoms with E-state index in [4.69, 9.17) is 5.21 Å². The second-order valence-corrected chi connectivity index (χ2v) is 6.73. The average Bonchev–Trinajstić information content (AvgIpc) is 2.68. The van der Waals surface area contributed by atoms with Crippen molar-refractivity contribution in [1.82, 2.24) is 16.1 Å². The molecule has 156 valence electrons. The molecule has 0 heterocycles. The zero-order valence-corrected chi connectivity index (χ0v) is 16.4. The normalized spacial score (nSPS) is 11.5. The molecule has 8 nitrogen and oxygen atoms in total. The summed E-state index contributed by atoms with van der Waals surface area (Å²) < 4.78 is 0. The van der Waals surface area contributed by atoms with Crippen LogP contribution in [0.15, 0.2) is 24.3 Å². The van der Waals surface area contributed by atoms with Gasteiger partial charge in [-0.2, -0.15) is 0 Å². The molecular formula is C20H31N3O5. The molecule has 0 saturated carbocycles. The number of benzene rings is 1. The first-order chi connectivity index (χ1) is 13.5. The Morgan fingerprint density at radius 1 is 1.00 bits per heavy atom. The molecule has 0 bridgehead atoms. The lowest BCUT2D eigenvalue weighted by atomic mass is 10.1. The van der Waals surface area contributed by atoms with Crippen molar-refractivity contribution in [2.75, 3.05) is 6.54 Å². The number of rotatable bonds is 13. The Morgan fingerprint density at radius 3 is 2.32 bits per heavy atom. The Kier molecular flexibility index (Phi) is 11.3. The lowest BCUT2D eigenvalue weighted by molar-refractivity contribution is -0.135. The van der Waals surface area contributed by atoms with Gasteiger partial charge in [-0.1, -0.05) is 44.7 Å². The van der Waals surface area contributed by atoms with Crippen LogP contribution in [0.25, 0.3) is 0 Å². The minimum Gasteiger partial charge on any atom is -0.508 e. The Labute approximate surface area is 165 Å². The number of hydroxylamine groups is 1. The Morgan fingerprint density at radius 2 is 1.68 bits per heavy atom. The molecule has 1 atom stereocenters. The molecule has 1 rings (SSSR count). The van der Waals surface area contributed by atoms with Crippen LogP contribution < -0.4 is 16.1 Å². The maximum absolute atomic E-state index is 12.4. The van der Waals surface area contributed by atoms with Crippen molar-refractivity contribution >= 4 is 17.7 Å². The molecule has 28 heavy (non-hydrogen) atoms. The van der Waals surface area contributed by atoms with E-state index in [2.05, 4.69) is 17.6 Å². The summed E-state index contributed by atoms with van der Waals surface area (Å²) in [6.45, 7) is 2.43. The highest BCUT2D eigenvalue weighted by atomic mass is 16.5. The maximum atomic E-state index is 12.4. The SMILES string of the molecule is CCCCCCCC(=O)NC(CC(=O)NO)C(=O)NCCc1ccc(O)cc1. The van der Waals surface area contributed by atoms with Crippen LogP contribution in [-0.4, -0.2) is 40.6 Å². The number of hydrogen-bond acceptors (Lipinski definition) is 5. The summed E-state index contributed by atoms with van der Waals surface area (Å²) in [5.74, 6) is -1.36. The standard InChI is InChI=1S/C20H31N3O5/c1-2-3-4-5-6-7-18(25)22-17(14-19(26)23-28)20(27)21-13-12-15-8-10-16(24)11-9-15/h8-11,17,24,28H,2-7,12-14H2,1H3,(H,21,27)(H,22,25)(H,23,26). The Bertz CT molecular complexity index is 619. The fourth-order valence-corrected chi connectivity index (χ4v) is 2.71. The van der Waals surface area contributed by atoms with Crippen LogP contribution in [0.4, 0.5) is 0 Å². The van der Waals surface area contributed by atoms with E-state index in [1.54, 1.807) is 24.3 Å². The van der Waals surface area contributed by atoms with Crippen LogP contribution in [-0.2, 0) is 20.8 Å². The third kappa shape index (κ3) is 9.91. The molecule has 0 aliphatic rings. The summed E-state index contributed by atoms with van der Waals surface area (Å²) in [6, 6.07) is 5.57. The molecule has 1 aromatic rings. The molecule has 0 radical (unpaired) electrons. The van der Waals surface area contributed by atoms with Crippen LogP contribution in [0.3, 0.4) is 0 Å². The molecule has 0 fully saturated rings. The third-order valence-corrected chi connectivity index (χ3v) is 4.32. The van der Waals surface area contributed by atoms with Gasteiger partial charge in [-0.3, -0.25) is 19.6 Å². The highest BCUT2D eigenvalue weighted by Crippen LogP contribution is 2.09. The van der Waals surface area contributed by atoms with E-state index in [0.29, 0.717) is 19.4 Å². The summed E-state index contributed by atoms with van der Waals surface area (Å²) in [5, 5.41) is 23.2. The quantitative estimate of drug-likeness (QED) is 0.198. The first-order valence-corrected chi connectivity index (χ1v) is 9.74. The van der Waals surface area contributed by atoms with Crippen LogP contribution in [0.2, 0.25) is 0 Å². The molecule has 0 aliphatic heterocycles. The van der Waals surface area contributed by atoms with Gasteiger partial charge < -0.3 is 15.7 Å². The molecular weight excluding hydrogens is 362 g/mol. The number of hydrogen-bond donors (Lipinski definition) is 5. The second-order valence-electron chi connectivity index (χ2n) is 6.73. The average molecular weight is 393 g/mol. The van der Waals surface area contributed by atoms with Crippen LogP contribution in [0, 0.1) is 0 Å². The lowest BCUT2D eigenvalue weighted by Gasteiger charge is -2.18. The number of unbranched alkanes of at least 4 members (excludes halogenated alkanes) is 4. The molecule has 0 aliphatic carbocycles. The van der Waals surface area contributed by atoms with Gasteiger partial charge in [0.15, 0.2) is 0 Å². The largest absolute Gasteiger partial charge is 0.508 e. The van der Waals surface area contributed by atoms with E-state index in [-0.39, 0.29) is 18.1 Å². The number of phenolic OH excluding ortho intramolecular Hbond substituents is 1. The minimum atomic E-state index is -1.05. The van der Waals surface area contributed by atoms with Gasteiger partial charge in [0.25, 0.3) is 0 Å². The fraction of sp³-hybridized carbons (Fsp3) is 0.550. The molecule has 1 aromatic carbocycles. The maximum Gasteiger partial charge on any atom is 0.245 e. The van der Waals surface area contributed by atoms with E-state index in [0.717, 1.165) is 37.7 Å². The number of amides is 3. The first-order valence-electron chi connectivity index (χ1n) is 9.74. The second kappa shape index (κ2) is 13.5. The zero-order valence-electron chi connectivity index (χ0n) is 16.4. The van der Waals surface area contributed by atoms with Crippen molar-refractivity contribution in [2.45, 2.75) is 64.3 Å². The predicted molar refractivity (Wildman–Crippen MR) is 105 cm³/mol. The number of aromatic hydroxyl groups is 1. The van der Waals surface area contributed by atoms with Crippen LogP contribution in [0.1, 0.15) is 57.4 Å². The van der Waals surface area contributed by atoms with Gasteiger partial charge in [-0.05, 0) is 30.5 Å². The van der Waals surface area contributed by atoms with Crippen molar-refractivity contribution in [1.29, 1.82) is 0 Å². The molecule has 8 heteroatoms. The third-order valence-electron chi connectivity index (χ3n) is 4.32. The van der Waals surface area contributed by atoms with E-state index in [1.807, 2.05) is 0 Å². The number of carbonyl (C=O) groups is 3. The van der Waals surface area contributed by atoms with E-state index in [1.165, 1.54) is 5.48 Å². The molecule has 0 spiro atoms. The van der Waals surface area contributed by atoms with Crippen molar-refractivity contribution in [3.05, 3.63) is 29.8 Å². The highest BCUT2D eigenvalue weighted by molar-refractivity contribution is 5.91. The van der Waals surface area contributed by atoms with Gasteiger partial charge in [0.1, 0.15) is 11.8 Å². The Hall–Kier alpha value is -2.61. The zero-order chi connectivity index (χ0) is 20.8. The van der Waals surface area contributed by atoms with Crippen molar-refractivity contribution in [2.24, 2.45) is 0 Å². The summed E-state index contributed by atoms with van der Waals surface area (Å²) in [6.07, 6.45) is 5.48. The van der Waals surface area contributed by atoms with E-state index >= 15 is 0 Å². The molecule has 3 amide bonds. The summed E-state index contributed by atoms with van der Waals surface area (Å²) in [4.78, 5) is 35.9. The van der Waals surface area contributed by atoms with Gasteiger partial charge in [0.2, 0.25) is 17.7 Å². The number of phenols is 1.